The first-order valence-electron chi connectivity index (χ1n) is 6.21. The van der Waals surface area contributed by atoms with E-state index in [1.54, 1.807) is 0 Å². The highest BCUT2D eigenvalue weighted by Crippen LogP contribution is 2.02. The second kappa shape index (κ2) is 7.82. The average Bonchev–Trinajstić information content (AvgIpc) is 2.34. The number of nitrogens with one attached hydrogen (secondary N) is 2. The van der Waals surface area contributed by atoms with Crippen LogP contribution in [0.5, 0.6) is 0 Å². The quantitative estimate of drug-likeness (QED) is 0.487. The van der Waals surface area contributed by atoms with Crippen molar-refractivity contribution in [1.82, 2.24) is 10.7 Å². The van der Waals surface area contributed by atoms with E-state index in [-0.39, 0.29) is 0 Å². The molecule has 0 aliphatic heterocycles. The molecule has 1 rings (SSSR count). The Labute approximate surface area is 115 Å². The molecule has 0 radical (unpaired) electrons. The lowest BCUT2D eigenvalue weighted by Crippen LogP contribution is -2.37. The number of aryl methyl sites for hydroxylation is 1. The lowest BCUT2D eigenvalue weighted by atomic mass is 10.1. The maximum atomic E-state index is 5.10. The van der Waals surface area contributed by atoms with Gasteiger partial charge in [-0.3, -0.25) is 5.43 Å². The predicted molar refractivity (Wildman–Crippen MR) is 81.9 cm³/mol. The van der Waals surface area contributed by atoms with Crippen molar-refractivity contribution in [2.75, 3.05) is 0 Å². The summed E-state index contributed by atoms with van der Waals surface area (Å²) in [4.78, 5) is 0. The second-order valence-corrected chi connectivity index (χ2v) is 4.98. The summed E-state index contributed by atoms with van der Waals surface area (Å²) in [6, 6.07) is 10.7. The molecule has 3 nitrogen and oxygen atoms in total. The monoisotopic (exact) mass is 263 g/mol. The van der Waals surface area contributed by atoms with Crippen LogP contribution in [0.25, 0.3) is 0 Å². The van der Waals surface area contributed by atoms with E-state index in [1.807, 2.05) is 26.8 Å². The SMILES string of the molecule is C/C(CCc1ccccc1)=N/NC(=S)NC(C)C. The average molecular weight is 263 g/mol. The number of rotatable bonds is 5. The molecule has 0 aliphatic carbocycles. The predicted octanol–water partition coefficient (Wildman–Crippen LogP) is 2.87. The normalized spacial score (nSPS) is 11.4. The smallest absolute Gasteiger partial charge is 0.187 e. The van der Waals surface area contributed by atoms with Gasteiger partial charge >= 0.3 is 0 Å². The van der Waals surface area contributed by atoms with Crippen LogP contribution in [-0.2, 0) is 6.42 Å². The summed E-state index contributed by atoms with van der Waals surface area (Å²) in [5.41, 5.74) is 5.23. The number of hydrogen-bond acceptors (Lipinski definition) is 2. The van der Waals surface area contributed by atoms with Gasteiger partial charge in [0, 0.05) is 11.8 Å². The van der Waals surface area contributed by atoms with E-state index in [4.69, 9.17) is 12.2 Å². The van der Waals surface area contributed by atoms with Crippen LogP contribution < -0.4 is 10.7 Å². The fourth-order valence-corrected chi connectivity index (χ4v) is 1.75. The Hall–Kier alpha value is -1.42. The molecule has 0 heterocycles. The van der Waals surface area contributed by atoms with E-state index in [1.165, 1.54) is 5.56 Å². The van der Waals surface area contributed by atoms with Crippen LogP contribution in [0.3, 0.4) is 0 Å². The second-order valence-electron chi connectivity index (χ2n) is 4.57. The van der Waals surface area contributed by atoms with E-state index < -0.39 is 0 Å². The maximum Gasteiger partial charge on any atom is 0.187 e. The fraction of sp³-hybridized carbons (Fsp3) is 0.429. The molecule has 1 aromatic rings. The van der Waals surface area contributed by atoms with Crippen LogP contribution in [0.4, 0.5) is 0 Å². The Morgan fingerprint density at radius 3 is 2.56 bits per heavy atom. The molecule has 0 atom stereocenters. The molecule has 0 saturated carbocycles. The summed E-state index contributed by atoms with van der Waals surface area (Å²) in [6.07, 6.45) is 1.93. The van der Waals surface area contributed by atoms with E-state index in [2.05, 4.69) is 40.1 Å². The van der Waals surface area contributed by atoms with Gasteiger partial charge in [-0.25, -0.2) is 0 Å². The highest BCUT2D eigenvalue weighted by molar-refractivity contribution is 7.80. The zero-order valence-corrected chi connectivity index (χ0v) is 12.1. The minimum absolute atomic E-state index is 0.324. The van der Waals surface area contributed by atoms with Crippen molar-refractivity contribution in [3.63, 3.8) is 0 Å². The Kier molecular flexibility index (Phi) is 6.36. The van der Waals surface area contributed by atoms with Crippen molar-refractivity contribution in [2.45, 2.75) is 39.7 Å². The Morgan fingerprint density at radius 1 is 1.28 bits per heavy atom. The zero-order valence-electron chi connectivity index (χ0n) is 11.2. The van der Waals surface area contributed by atoms with Crippen molar-refractivity contribution in [2.24, 2.45) is 5.10 Å². The van der Waals surface area contributed by atoms with Crippen LogP contribution in [-0.4, -0.2) is 16.9 Å². The van der Waals surface area contributed by atoms with Crippen LogP contribution in [0.15, 0.2) is 35.4 Å². The third-order valence-electron chi connectivity index (χ3n) is 2.39. The lowest BCUT2D eigenvalue weighted by Gasteiger charge is -2.10. The van der Waals surface area contributed by atoms with Gasteiger partial charge in [0.1, 0.15) is 0 Å². The van der Waals surface area contributed by atoms with Gasteiger partial charge in [-0.1, -0.05) is 30.3 Å². The van der Waals surface area contributed by atoms with Crippen LogP contribution in [0.2, 0.25) is 0 Å². The summed E-state index contributed by atoms with van der Waals surface area (Å²) >= 11 is 5.10. The van der Waals surface area contributed by atoms with Gasteiger partial charge < -0.3 is 5.32 Å². The minimum atomic E-state index is 0.324. The fourth-order valence-electron chi connectivity index (χ4n) is 1.47. The van der Waals surface area contributed by atoms with Crippen LogP contribution in [0, 0.1) is 0 Å². The maximum absolute atomic E-state index is 5.10. The number of thiocarbonyl (C=S) groups is 1. The van der Waals surface area contributed by atoms with Gasteiger partial charge in [0.15, 0.2) is 5.11 Å². The molecule has 0 saturated heterocycles. The number of benzene rings is 1. The summed E-state index contributed by atoms with van der Waals surface area (Å²) < 4.78 is 0. The van der Waals surface area contributed by atoms with Crippen molar-refractivity contribution >= 4 is 23.0 Å². The molecule has 98 valence electrons. The Bertz CT molecular complexity index is 399. The largest absolute Gasteiger partial charge is 0.359 e. The standard InChI is InChI=1S/C14H21N3S/c1-11(2)15-14(18)17-16-12(3)9-10-13-7-5-4-6-8-13/h4-8,11H,9-10H2,1-3H3,(H2,15,17,18)/b16-12-. The van der Waals surface area contributed by atoms with Crippen LogP contribution >= 0.6 is 12.2 Å². The van der Waals surface area contributed by atoms with Crippen LogP contribution in [0.1, 0.15) is 32.8 Å². The molecular formula is C14H21N3S. The molecule has 1 aromatic carbocycles. The van der Waals surface area contributed by atoms with E-state index in [9.17, 15) is 0 Å². The lowest BCUT2D eigenvalue weighted by molar-refractivity contribution is 0.718. The van der Waals surface area contributed by atoms with Gasteiger partial charge in [0.2, 0.25) is 0 Å². The Morgan fingerprint density at radius 2 is 1.94 bits per heavy atom. The van der Waals surface area contributed by atoms with Gasteiger partial charge in [0.25, 0.3) is 0 Å². The summed E-state index contributed by atoms with van der Waals surface area (Å²) in [5, 5.41) is 7.91. The molecule has 0 fully saturated rings. The van der Waals surface area contributed by atoms with E-state index in [0.29, 0.717) is 11.2 Å². The molecule has 0 amide bonds. The zero-order chi connectivity index (χ0) is 13.4. The minimum Gasteiger partial charge on any atom is -0.359 e. The summed E-state index contributed by atoms with van der Waals surface area (Å²) in [6.45, 7) is 6.09. The number of nitrogens with zero attached hydrogens (tertiary/aromatic N) is 1. The summed E-state index contributed by atoms with van der Waals surface area (Å²) in [7, 11) is 0. The van der Waals surface area contributed by atoms with Crippen molar-refractivity contribution in [3.8, 4) is 0 Å². The molecule has 0 bridgehead atoms. The van der Waals surface area contributed by atoms with Gasteiger partial charge in [0.05, 0.1) is 0 Å². The summed E-state index contributed by atoms with van der Waals surface area (Å²) in [5.74, 6) is 0. The molecule has 2 N–H and O–H groups in total. The molecule has 4 heteroatoms. The first-order valence-corrected chi connectivity index (χ1v) is 6.62. The third kappa shape index (κ3) is 6.35. The number of hydrogen-bond donors (Lipinski definition) is 2. The Balaban J connectivity index is 2.32. The molecule has 0 aliphatic rings. The van der Waals surface area contributed by atoms with Gasteiger partial charge in [-0.05, 0) is 51.4 Å². The van der Waals surface area contributed by atoms with E-state index >= 15 is 0 Å². The topological polar surface area (TPSA) is 36.4 Å². The highest BCUT2D eigenvalue weighted by atomic mass is 32.1. The van der Waals surface area contributed by atoms with Crippen molar-refractivity contribution in [3.05, 3.63) is 35.9 Å². The first-order chi connectivity index (χ1) is 8.58. The van der Waals surface area contributed by atoms with Gasteiger partial charge in [-0.2, -0.15) is 5.10 Å². The van der Waals surface area contributed by atoms with Gasteiger partial charge in [-0.15, -0.1) is 0 Å². The van der Waals surface area contributed by atoms with E-state index in [0.717, 1.165) is 18.6 Å². The molecule has 18 heavy (non-hydrogen) atoms. The first kappa shape index (κ1) is 14.6. The van der Waals surface area contributed by atoms with Crippen molar-refractivity contribution < 1.29 is 0 Å². The molecule has 0 aromatic heterocycles. The molecule has 0 spiro atoms. The number of hydrazone groups is 1. The third-order valence-corrected chi connectivity index (χ3v) is 2.60. The van der Waals surface area contributed by atoms with Crippen molar-refractivity contribution in [1.29, 1.82) is 0 Å². The molecule has 0 unspecified atom stereocenters. The molecular weight excluding hydrogens is 242 g/mol. The highest BCUT2D eigenvalue weighted by Gasteiger charge is 1.98.